The summed E-state index contributed by atoms with van der Waals surface area (Å²) in [5, 5.41) is 18.3. The fourth-order valence-electron chi connectivity index (χ4n) is 4.24. The summed E-state index contributed by atoms with van der Waals surface area (Å²) in [4.78, 5) is 11.5. The van der Waals surface area contributed by atoms with Crippen molar-refractivity contribution in [3.63, 3.8) is 0 Å². The second-order valence-corrected chi connectivity index (χ2v) is 9.34. The Kier molecular flexibility index (Phi) is 7.01. The average molecular weight is 500 g/mol. The summed E-state index contributed by atoms with van der Waals surface area (Å²) in [6, 6.07) is 12.8. The van der Waals surface area contributed by atoms with Gasteiger partial charge >= 0.3 is 0 Å². The first kappa shape index (κ1) is 22.6. The van der Waals surface area contributed by atoms with Crippen LogP contribution in [0.2, 0.25) is 0 Å². The number of hydrogen-bond acceptors (Lipinski definition) is 7. The Bertz CT molecular complexity index is 1080. The summed E-state index contributed by atoms with van der Waals surface area (Å²) in [6.07, 6.45) is 4.30. The molecule has 0 bridgehead atoms. The van der Waals surface area contributed by atoms with Crippen LogP contribution in [0.1, 0.15) is 31.2 Å². The summed E-state index contributed by atoms with van der Waals surface area (Å²) in [6.45, 7) is 0.734. The largest absolute Gasteiger partial charge is 0.503 e. The Morgan fingerprint density at radius 2 is 1.81 bits per heavy atom. The van der Waals surface area contributed by atoms with E-state index in [2.05, 4.69) is 32.6 Å². The van der Waals surface area contributed by atoms with Gasteiger partial charge in [0.15, 0.2) is 11.5 Å². The summed E-state index contributed by atoms with van der Waals surface area (Å²) in [5.41, 5.74) is 2.03. The predicted octanol–water partition coefficient (Wildman–Crippen LogP) is 4.69. The minimum Gasteiger partial charge on any atom is -0.503 e. The molecule has 8 heteroatoms. The first-order chi connectivity index (χ1) is 15.4. The number of halogens is 1. The predicted molar refractivity (Wildman–Crippen MR) is 133 cm³/mol. The van der Waals surface area contributed by atoms with Gasteiger partial charge in [-0.15, -0.1) is 0 Å². The Hall–Kier alpha value is -2.58. The molecule has 1 aromatic heterocycles. The number of ether oxygens (including phenoxy) is 1. The highest BCUT2D eigenvalue weighted by Gasteiger charge is 2.22. The van der Waals surface area contributed by atoms with E-state index in [1.54, 1.807) is 7.11 Å². The molecule has 0 saturated heterocycles. The fourth-order valence-corrected chi connectivity index (χ4v) is 4.73. The lowest BCUT2D eigenvalue weighted by Gasteiger charge is -2.30. The number of hydrogen-bond donors (Lipinski definition) is 3. The summed E-state index contributed by atoms with van der Waals surface area (Å²) >= 11 is 3.39. The van der Waals surface area contributed by atoms with E-state index < -0.39 is 0 Å². The second kappa shape index (κ2) is 9.92. The third-order valence-electron chi connectivity index (χ3n) is 5.97. The molecule has 7 nitrogen and oxygen atoms in total. The molecule has 1 aliphatic carbocycles. The number of nitrogens with one attached hydrogen (secondary N) is 2. The van der Waals surface area contributed by atoms with Crippen LogP contribution in [0, 0.1) is 0 Å². The van der Waals surface area contributed by atoms with Gasteiger partial charge in [-0.2, -0.15) is 4.98 Å². The number of para-hydroxylation sites is 1. The van der Waals surface area contributed by atoms with Crippen LogP contribution in [0.3, 0.4) is 0 Å². The van der Waals surface area contributed by atoms with Crippen LogP contribution >= 0.6 is 15.9 Å². The number of methoxy groups -OCH3 is 1. The van der Waals surface area contributed by atoms with Crippen molar-refractivity contribution in [1.82, 2.24) is 15.3 Å². The molecular formula is C24H30BrN5O2. The van der Waals surface area contributed by atoms with Gasteiger partial charge in [0.25, 0.3) is 0 Å². The second-order valence-electron chi connectivity index (χ2n) is 8.48. The number of aromatic hydroxyl groups is 1. The Balaban J connectivity index is 1.34. The van der Waals surface area contributed by atoms with Gasteiger partial charge in [0.2, 0.25) is 5.95 Å². The number of rotatable bonds is 7. The summed E-state index contributed by atoms with van der Waals surface area (Å²) in [5.74, 6) is 2.25. The van der Waals surface area contributed by atoms with Crippen molar-refractivity contribution in [2.75, 3.05) is 31.4 Å². The van der Waals surface area contributed by atoms with Crippen LogP contribution < -0.4 is 20.3 Å². The maximum absolute atomic E-state index is 9.98. The van der Waals surface area contributed by atoms with Crippen LogP contribution in [-0.4, -0.2) is 48.4 Å². The van der Waals surface area contributed by atoms with Crippen molar-refractivity contribution >= 4 is 38.6 Å². The van der Waals surface area contributed by atoms with E-state index in [-0.39, 0.29) is 5.75 Å². The molecule has 3 aromatic rings. The summed E-state index contributed by atoms with van der Waals surface area (Å²) in [7, 11) is 5.59. The molecule has 32 heavy (non-hydrogen) atoms. The Morgan fingerprint density at radius 1 is 1.09 bits per heavy atom. The van der Waals surface area contributed by atoms with Crippen molar-refractivity contribution in [3.05, 3.63) is 46.4 Å². The average Bonchev–Trinajstić information content (AvgIpc) is 2.80. The Labute approximate surface area is 197 Å². The lowest BCUT2D eigenvalue weighted by atomic mass is 9.91. The van der Waals surface area contributed by atoms with Crippen molar-refractivity contribution in [1.29, 1.82) is 0 Å². The van der Waals surface area contributed by atoms with Crippen LogP contribution in [0.4, 0.5) is 11.8 Å². The van der Waals surface area contributed by atoms with Gasteiger partial charge in [0, 0.05) is 38.1 Å². The van der Waals surface area contributed by atoms with E-state index in [9.17, 15) is 5.11 Å². The molecular weight excluding hydrogens is 470 g/mol. The highest BCUT2D eigenvalue weighted by molar-refractivity contribution is 9.10. The maximum atomic E-state index is 9.98. The number of benzene rings is 2. The van der Waals surface area contributed by atoms with Gasteiger partial charge in [-0.05, 0) is 71.4 Å². The molecule has 170 valence electrons. The summed E-state index contributed by atoms with van der Waals surface area (Å²) < 4.78 is 5.90. The quantitative estimate of drug-likeness (QED) is 0.435. The third-order valence-corrected chi connectivity index (χ3v) is 6.57. The SMILES string of the molecule is COc1cc(CNC2CCC(Nc3nc(N(C)C)c4ccccc4n3)CC2)cc(Br)c1O. The molecule has 1 saturated carbocycles. The third kappa shape index (κ3) is 5.07. The molecule has 0 unspecified atom stereocenters. The standard InChI is InChI=1S/C24H30BrN5O2/c1-30(2)23-18-6-4-5-7-20(18)28-24(29-23)27-17-10-8-16(9-11-17)26-14-15-12-19(25)22(31)21(13-15)32-3/h4-7,12-13,16-17,26,31H,8-11,14H2,1-3H3,(H,27,28,29). The van der Waals surface area contributed by atoms with Crippen LogP contribution in [0.5, 0.6) is 11.5 Å². The van der Waals surface area contributed by atoms with E-state index >= 15 is 0 Å². The van der Waals surface area contributed by atoms with Crippen LogP contribution in [0.25, 0.3) is 10.9 Å². The highest BCUT2D eigenvalue weighted by atomic mass is 79.9. The lowest BCUT2D eigenvalue weighted by Crippen LogP contribution is -2.37. The van der Waals surface area contributed by atoms with Crippen LogP contribution in [0.15, 0.2) is 40.9 Å². The first-order valence-corrected chi connectivity index (χ1v) is 11.7. The number of phenols is 1. The topological polar surface area (TPSA) is 82.5 Å². The van der Waals surface area contributed by atoms with E-state index in [0.717, 1.165) is 54.5 Å². The maximum Gasteiger partial charge on any atom is 0.225 e. The molecule has 1 heterocycles. The van der Waals surface area contributed by atoms with Crippen LogP contribution in [-0.2, 0) is 6.54 Å². The number of phenolic OH excluding ortho intramolecular Hbond substituents is 1. The number of fused-ring (bicyclic) bond motifs is 1. The van der Waals surface area contributed by atoms with E-state index in [1.807, 2.05) is 49.3 Å². The number of anilines is 2. The van der Waals surface area contributed by atoms with E-state index in [0.29, 0.717) is 28.3 Å². The molecule has 4 rings (SSSR count). The van der Waals surface area contributed by atoms with Crippen molar-refractivity contribution in [2.45, 2.75) is 44.3 Å². The number of aromatic nitrogens is 2. The molecule has 3 N–H and O–H groups in total. The monoisotopic (exact) mass is 499 g/mol. The number of nitrogens with zero attached hydrogens (tertiary/aromatic N) is 3. The van der Waals surface area contributed by atoms with Gasteiger partial charge < -0.3 is 25.4 Å². The molecule has 2 aromatic carbocycles. The molecule has 0 spiro atoms. The minimum atomic E-state index is 0.135. The smallest absolute Gasteiger partial charge is 0.225 e. The van der Waals surface area contributed by atoms with Gasteiger partial charge in [-0.25, -0.2) is 4.98 Å². The van der Waals surface area contributed by atoms with E-state index in [4.69, 9.17) is 14.7 Å². The first-order valence-electron chi connectivity index (χ1n) is 10.9. The van der Waals surface area contributed by atoms with Crippen molar-refractivity contribution in [3.8, 4) is 11.5 Å². The van der Waals surface area contributed by atoms with Gasteiger partial charge in [-0.3, -0.25) is 0 Å². The molecule has 0 radical (unpaired) electrons. The van der Waals surface area contributed by atoms with Crippen molar-refractivity contribution < 1.29 is 9.84 Å². The van der Waals surface area contributed by atoms with E-state index in [1.165, 1.54) is 0 Å². The molecule has 1 fully saturated rings. The van der Waals surface area contributed by atoms with Gasteiger partial charge in [0.1, 0.15) is 5.82 Å². The zero-order chi connectivity index (χ0) is 22.7. The normalized spacial score (nSPS) is 18.5. The highest BCUT2D eigenvalue weighted by Crippen LogP contribution is 2.35. The zero-order valence-corrected chi connectivity index (χ0v) is 20.3. The Morgan fingerprint density at radius 3 is 2.53 bits per heavy atom. The lowest BCUT2D eigenvalue weighted by molar-refractivity contribution is 0.350. The van der Waals surface area contributed by atoms with Gasteiger partial charge in [0.05, 0.1) is 17.1 Å². The molecule has 0 amide bonds. The molecule has 0 aliphatic heterocycles. The van der Waals surface area contributed by atoms with Crippen molar-refractivity contribution in [2.24, 2.45) is 0 Å². The van der Waals surface area contributed by atoms with Gasteiger partial charge in [-0.1, -0.05) is 12.1 Å². The minimum absolute atomic E-state index is 0.135. The zero-order valence-electron chi connectivity index (χ0n) is 18.7. The molecule has 0 atom stereocenters. The fraction of sp³-hybridized carbons (Fsp3) is 0.417. The molecule has 1 aliphatic rings.